The van der Waals surface area contributed by atoms with Gasteiger partial charge in [-0.3, -0.25) is 0 Å². The van der Waals surface area contributed by atoms with Gasteiger partial charge in [0.05, 0.1) is 5.02 Å². The molecular weight excluding hydrogens is 281 g/mol. The lowest BCUT2D eigenvalue weighted by Gasteiger charge is -2.09. The summed E-state index contributed by atoms with van der Waals surface area (Å²) in [5, 5.41) is 1.08. The van der Waals surface area contributed by atoms with Crippen molar-refractivity contribution in [2.75, 3.05) is 0 Å². The zero-order valence-electron chi connectivity index (χ0n) is 10.6. The van der Waals surface area contributed by atoms with E-state index in [1.54, 1.807) is 18.2 Å². The summed E-state index contributed by atoms with van der Waals surface area (Å²) in [5.74, 6) is 1.32. The van der Waals surface area contributed by atoms with Gasteiger partial charge < -0.3 is 10.5 Å². The number of ether oxygens (including phenoxy) is 1. The molecule has 0 bridgehead atoms. The maximum atomic E-state index is 6.05. The van der Waals surface area contributed by atoms with Crippen LogP contribution in [0.1, 0.15) is 12.5 Å². The molecule has 2 rings (SSSR count). The Hall–Kier alpha value is -1.22. The maximum Gasteiger partial charge on any atom is 0.146 e. The fourth-order valence-electron chi connectivity index (χ4n) is 1.75. The van der Waals surface area contributed by atoms with Crippen LogP contribution >= 0.6 is 23.2 Å². The van der Waals surface area contributed by atoms with E-state index in [9.17, 15) is 0 Å². The summed E-state index contributed by atoms with van der Waals surface area (Å²) >= 11 is 11.9. The van der Waals surface area contributed by atoms with Gasteiger partial charge in [-0.2, -0.15) is 0 Å². The van der Waals surface area contributed by atoms with Crippen molar-refractivity contribution in [1.29, 1.82) is 0 Å². The summed E-state index contributed by atoms with van der Waals surface area (Å²) in [6, 6.07) is 13.1. The lowest BCUT2D eigenvalue weighted by molar-refractivity contribution is 0.482. The van der Waals surface area contributed by atoms with Crippen molar-refractivity contribution < 1.29 is 4.74 Å². The molecule has 0 aliphatic rings. The second-order valence-electron chi connectivity index (χ2n) is 4.50. The Labute approximate surface area is 123 Å². The van der Waals surface area contributed by atoms with Gasteiger partial charge in [0.25, 0.3) is 0 Å². The van der Waals surface area contributed by atoms with E-state index >= 15 is 0 Å². The number of rotatable bonds is 4. The topological polar surface area (TPSA) is 35.2 Å². The smallest absolute Gasteiger partial charge is 0.146 e. The van der Waals surface area contributed by atoms with E-state index in [4.69, 9.17) is 33.7 Å². The van der Waals surface area contributed by atoms with Crippen LogP contribution < -0.4 is 10.5 Å². The quantitative estimate of drug-likeness (QED) is 0.889. The minimum absolute atomic E-state index is 0.150. The Kier molecular flexibility index (Phi) is 4.70. The first-order valence-corrected chi connectivity index (χ1v) is 6.77. The fraction of sp³-hybridized carbons (Fsp3) is 0.200. The third-order valence-electron chi connectivity index (χ3n) is 2.60. The Morgan fingerprint density at radius 3 is 2.37 bits per heavy atom. The monoisotopic (exact) mass is 295 g/mol. The molecule has 2 aromatic carbocycles. The summed E-state index contributed by atoms with van der Waals surface area (Å²) < 4.78 is 5.70. The third-order valence-corrected chi connectivity index (χ3v) is 3.13. The maximum absolute atomic E-state index is 6.05. The van der Waals surface area contributed by atoms with E-state index in [1.165, 1.54) is 5.56 Å². The minimum atomic E-state index is 0.150. The minimum Gasteiger partial charge on any atom is -0.456 e. The van der Waals surface area contributed by atoms with E-state index in [0.717, 1.165) is 12.2 Å². The summed E-state index contributed by atoms with van der Waals surface area (Å²) in [4.78, 5) is 0. The molecule has 0 aromatic heterocycles. The highest BCUT2D eigenvalue weighted by molar-refractivity contribution is 6.35. The van der Waals surface area contributed by atoms with Crippen LogP contribution in [-0.2, 0) is 6.42 Å². The van der Waals surface area contributed by atoms with Gasteiger partial charge in [0.2, 0.25) is 0 Å². The Morgan fingerprint density at radius 1 is 1.11 bits per heavy atom. The van der Waals surface area contributed by atoms with Gasteiger partial charge in [-0.15, -0.1) is 0 Å². The first kappa shape index (κ1) is 14.2. The number of hydrogen-bond acceptors (Lipinski definition) is 2. The summed E-state index contributed by atoms with van der Waals surface area (Å²) in [6.07, 6.45) is 0.849. The number of nitrogens with two attached hydrogens (primary N) is 1. The van der Waals surface area contributed by atoms with Crippen LogP contribution in [0.3, 0.4) is 0 Å². The lowest BCUT2D eigenvalue weighted by atomic mass is 10.1. The van der Waals surface area contributed by atoms with Gasteiger partial charge in [-0.25, -0.2) is 0 Å². The van der Waals surface area contributed by atoms with Crippen LogP contribution in [0.2, 0.25) is 10.0 Å². The number of benzene rings is 2. The number of hydrogen-bond donors (Lipinski definition) is 1. The average molecular weight is 296 g/mol. The first-order valence-electron chi connectivity index (χ1n) is 6.02. The molecule has 0 saturated carbocycles. The van der Waals surface area contributed by atoms with Gasteiger partial charge in [-0.05, 0) is 49.2 Å². The van der Waals surface area contributed by atoms with Crippen LogP contribution in [0.25, 0.3) is 0 Å². The van der Waals surface area contributed by atoms with Crippen LogP contribution in [0.4, 0.5) is 0 Å². The van der Waals surface area contributed by atoms with Crippen molar-refractivity contribution in [2.45, 2.75) is 19.4 Å². The zero-order chi connectivity index (χ0) is 13.8. The second-order valence-corrected chi connectivity index (χ2v) is 5.35. The molecule has 4 heteroatoms. The molecule has 0 heterocycles. The summed E-state index contributed by atoms with van der Waals surface area (Å²) in [6.45, 7) is 1.98. The molecule has 100 valence electrons. The van der Waals surface area contributed by atoms with E-state index < -0.39 is 0 Å². The third kappa shape index (κ3) is 4.13. The molecule has 0 aliphatic carbocycles. The second kappa shape index (κ2) is 6.29. The Morgan fingerprint density at radius 2 is 1.79 bits per heavy atom. The molecule has 0 saturated heterocycles. The number of halogens is 2. The Bertz CT molecular complexity index is 553. The molecule has 0 fully saturated rings. The predicted octanol–water partition coefficient (Wildman–Crippen LogP) is 4.68. The van der Waals surface area contributed by atoms with Crippen molar-refractivity contribution in [3.63, 3.8) is 0 Å². The Balaban J connectivity index is 2.10. The first-order chi connectivity index (χ1) is 9.04. The molecule has 0 aliphatic heterocycles. The average Bonchev–Trinajstić information content (AvgIpc) is 2.34. The lowest BCUT2D eigenvalue weighted by Crippen LogP contribution is -2.17. The largest absolute Gasteiger partial charge is 0.456 e. The predicted molar refractivity (Wildman–Crippen MR) is 80.3 cm³/mol. The molecule has 2 N–H and O–H groups in total. The van der Waals surface area contributed by atoms with E-state index in [2.05, 4.69) is 0 Å². The normalized spacial score (nSPS) is 12.2. The van der Waals surface area contributed by atoms with Gasteiger partial charge in [0.1, 0.15) is 11.5 Å². The molecular formula is C15H15Cl2NO. The standard InChI is InChI=1S/C15H15Cl2NO/c1-10(18)8-11-2-5-13(6-3-11)19-15-7-4-12(16)9-14(15)17/h2-7,9-10H,8,18H2,1H3. The molecule has 1 atom stereocenters. The van der Waals surface area contributed by atoms with Crippen molar-refractivity contribution in [2.24, 2.45) is 5.73 Å². The highest BCUT2D eigenvalue weighted by Gasteiger charge is 2.04. The highest BCUT2D eigenvalue weighted by atomic mass is 35.5. The SMILES string of the molecule is CC(N)Cc1ccc(Oc2ccc(Cl)cc2Cl)cc1. The summed E-state index contributed by atoms with van der Waals surface area (Å²) in [7, 11) is 0. The van der Waals surface area contributed by atoms with Crippen LogP contribution in [0.5, 0.6) is 11.5 Å². The molecule has 0 amide bonds. The molecule has 1 unspecified atom stereocenters. The van der Waals surface area contributed by atoms with Crippen LogP contribution in [0, 0.1) is 0 Å². The van der Waals surface area contributed by atoms with E-state index in [-0.39, 0.29) is 6.04 Å². The zero-order valence-corrected chi connectivity index (χ0v) is 12.1. The molecule has 19 heavy (non-hydrogen) atoms. The molecule has 0 spiro atoms. The summed E-state index contributed by atoms with van der Waals surface area (Å²) in [5.41, 5.74) is 6.94. The van der Waals surface area contributed by atoms with Crippen LogP contribution in [-0.4, -0.2) is 6.04 Å². The van der Waals surface area contributed by atoms with Gasteiger partial charge in [0.15, 0.2) is 0 Å². The van der Waals surface area contributed by atoms with Crippen molar-refractivity contribution in [3.05, 3.63) is 58.1 Å². The molecule has 2 aromatic rings. The fourth-order valence-corrected chi connectivity index (χ4v) is 2.20. The molecule has 2 nitrogen and oxygen atoms in total. The van der Waals surface area contributed by atoms with Crippen molar-refractivity contribution in [1.82, 2.24) is 0 Å². The van der Waals surface area contributed by atoms with Crippen molar-refractivity contribution in [3.8, 4) is 11.5 Å². The molecule has 0 radical (unpaired) electrons. The van der Waals surface area contributed by atoms with Gasteiger partial charge in [-0.1, -0.05) is 35.3 Å². The van der Waals surface area contributed by atoms with Gasteiger partial charge in [0, 0.05) is 11.1 Å². The van der Waals surface area contributed by atoms with Gasteiger partial charge >= 0.3 is 0 Å². The van der Waals surface area contributed by atoms with Crippen molar-refractivity contribution >= 4 is 23.2 Å². The van der Waals surface area contributed by atoms with E-state index in [1.807, 2.05) is 31.2 Å². The van der Waals surface area contributed by atoms with Crippen LogP contribution in [0.15, 0.2) is 42.5 Å². The highest BCUT2D eigenvalue weighted by Crippen LogP contribution is 2.31. The van der Waals surface area contributed by atoms with E-state index in [0.29, 0.717) is 15.8 Å².